The van der Waals surface area contributed by atoms with Gasteiger partial charge >= 0.3 is 0 Å². The van der Waals surface area contributed by atoms with Crippen LogP contribution in [0.4, 0.5) is 0 Å². The number of carbonyl (C=O) groups excluding carboxylic acids is 1. The van der Waals surface area contributed by atoms with E-state index in [0.717, 1.165) is 16.8 Å². The van der Waals surface area contributed by atoms with E-state index in [1.807, 2.05) is 58.1 Å². The number of amides is 1. The van der Waals surface area contributed by atoms with Gasteiger partial charge in [-0.05, 0) is 29.7 Å². The van der Waals surface area contributed by atoms with Gasteiger partial charge in [0, 0.05) is 25.4 Å². The van der Waals surface area contributed by atoms with Crippen LogP contribution in [0.3, 0.4) is 0 Å². The lowest BCUT2D eigenvalue weighted by Gasteiger charge is -2.27. The van der Waals surface area contributed by atoms with Crippen molar-refractivity contribution in [2.24, 2.45) is 0 Å². The predicted octanol–water partition coefficient (Wildman–Crippen LogP) is 2.33. The minimum atomic E-state index is -0.751. The molecule has 1 aliphatic rings. The minimum Gasteiger partial charge on any atom is -0.382 e. The highest BCUT2D eigenvalue weighted by Crippen LogP contribution is 2.23. The summed E-state index contributed by atoms with van der Waals surface area (Å²) >= 11 is 0. The molecule has 0 aliphatic carbocycles. The first kappa shape index (κ1) is 17.4. The third-order valence-corrected chi connectivity index (χ3v) is 4.92. The summed E-state index contributed by atoms with van der Waals surface area (Å²) in [6, 6.07) is 15.3. The van der Waals surface area contributed by atoms with Crippen LogP contribution in [-0.2, 0) is 24.3 Å². The van der Waals surface area contributed by atoms with Crippen LogP contribution >= 0.6 is 0 Å². The minimum absolute atomic E-state index is 0.136. The Balaban J connectivity index is 1.41. The Labute approximate surface area is 158 Å². The van der Waals surface area contributed by atoms with Crippen LogP contribution in [0.1, 0.15) is 35.0 Å². The zero-order chi connectivity index (χ0) is 18.6. The molecule has 0 fully saturated rings. The average Bonchev–Trinajstić information content (AvgIpc) is 3.16. The smallest absolute Gasteiger partial charge is 0.223 e. The van der Waals surface area contributed by atoms with Crippen molar-refractivity contribution >= 4 is 5.91 Å². The monoisotopic (exact) mass is 362 g/mol. The van der Waals surface area contributed by atoms with Crippen LogP contribution in [0.5, 0.6) is 0 Å². The summed E-state index contributed by atoms with van der Waals surface area (Å²) in [6.07, 6.45) is 3.95. The van der Waals surface area contributed by atoms with E-state index in [-0.39, 0.29) is 5.91 Å². The van der Waals surface area contributed by atoms with E-state index in [1.54, 1.807) is 12.4 Å². The molecule has 3 heterocycles. The Morgan fingerprint density at radius 1 is 1.15 bits per heavy atom. The number of benzene rings is 1. The number of aliphatic hydroxyl groups excluding tert-OH is 1. The zero-order valence-electron chi connectivity index (χ0n) is 15.0. The molecule has 138 valence electrons. The van der Waals surface area contributed by atoms with Gasteiger partial charge < -0.3 is 10.0 Å². The number of hydrogen-bond acceptors (Lipinski definition) is 4. The van der Waals surface area contributed by atoms with Crippen LogP contribution in [0, 0.1) is 0 Å². The molecule has 1 amide bonds. The third-order valence-electron chi connectivity index (χ3n) is 4.92. The molecule has 0 bridgehead atoms. The van der Waals surface area contributed by atoms with Crippen LogP contribution in [0.15, 0.2) is 60.9 Å². The van der Waals surface area contributed by atoms with Gasteiger partial charge in [-0.3, -0.25) is 14.5 Å². The fourth-order valence-corrected chi connectivity index (χ4v) is 3.40. The molecule has 3 aromatic rings. The van der Waals surface area contributed by atoms with Gasteiger partial charge in [0.25, 0.3) is 0 Å². The van der Waals surface area contributed by atoms with Crippen LogP contribution in [0.2, 0.25) is 0 Å². The van der Waals surface area contributed by atoms with Gasteiger partial charge in [0.1, 0.15) is 6.10 Å². The molecule has 1 aliphatic heterocycles. The van der Waals surface area contributed by atoms with Crippen LogP contribution < -0.4 is 0 Å². The van der Waals surface area contributed by atoms with E-state index in [9.17, 15) is 9.90 Å². The molecule has 0 radical (unpaired) electrons. The van der Waals surface area contributed by atoms with E-state index >= 15 is 0 Å². The van der Waals surface area contributed by atoms with Crippen molar-refractivity contribution in [3.8, 4) is 0 Å². The first-order valence-electron chi connectivity index (χ1n) is 9.17. The van der Waals surface area contributed by atoms with E-state index in [0.29, 0.717) is 38.2 Å². The number of aliphatic hydroxyl groups is 1. The highest BCUT2D eigenvalue weighted by Gasteiger charge is 2.24. The topological polar surface area (TPSA) is 71.2 Å². The molecule has 0 saturated heterocycles. The van der Waals surface area contributed by atoms with Gasteiger partial charge in [-0.2, -0.15) is 5.10 Å². The Kier molecular flexibility index (Phi) is 4.98. The largest absolute Gasteiger partial charge is 0.382 e. The second kappa shape index (κ2) is 7.72. The van der Waals surface area contributed by atoms with Gasteiger partial charge in [0.2, 0.25) is 5.91 Å². The number of hydrogen-bond donors (Lipinski definition) is 1. The Bertz CT molecular complexity index is 908. The number of aryl methyl sites for hydroxylation is 1. The van der Waals surface area contributed by atoms with E-state index in [1.165, 1.54) is 0 Å². The SMILES string of the molecule is O=C(CCc1cccnc1)N1CCn2nc([C@@H](O)c3ccccc3)cc2C1. The molecular weight excluding hydrogens is 340 g/mol. The molecule has 1 atom stereocenters. The first-order chi connectivity index (χ1) is 13.2. The quantitative estimate of drug-likeness (QED) is 0.756. The lowest BCUT2D eigenvalue weighted by molar-refractivity contribution is -0.132. The summed E-state index contributed by atoms with van der Waals surface area (Å²) in [5.74, 6) is 0.136. The Morgan fingerprint density at radius 2 is 2.00 bits per heavy atom. The number of pyridine rings is 1. The maximum atomic E-state index is 12.6. The number of fused-ring (bicyclic) bond motifs is 1. The van der Waals surface area contributed by atoms with Crippen LogP contribution in [0.25, 0.3) is 0 Å². The summed E-state index contributed by atoms with van der Waals surface area (Å²) < 4.78 is 1.90. The molecule has 6 nitrogen and oxygen atoms in total. The molecule has 4 rings (SSSR count). The maximum absolute atomic E-state index is 12.6. The van der Waals surface area contributed by atoms with Crippen molar-refractivity contribution in [2.45, 2.75) is 32.0 Å². The van der Waals surface area contributed by atoms with Gasteiger partial charge in [-0.1, -0.05) is 36.4 Å². The zero-order valence-corrected chi connectivity index (χ0v) is 15.0. The van der Waals surface area contributed by atoms with Crippen molar-refractivity contribution in [3.05, 3.63) is 83.4 Å². The number of carbonyl (C=O) groups is 1. The van der Waals surface area contributed by atoms with Crippen molar-refractivity contribution in [1.29, 1.82) is 0 Å². The number of rotatable bonds is 5. The standard InChI is InChI=1S/C21H22N4O2/c26-20(9-8-16-5-4-10-22-14-16)24-11-12-25-18(15-24)13-19(23-25)21(27)17-6-2-1-3-7-17/h1-7,10,13-14,21,27H,8-9,11-12,15H2/t21-/m0/s1. The average molecular weight is 362 g/mol. The van der Waals surface area contributed by atoms with Crippen molar-refractivity contribution in [1.82, 2.24) is 19.7 Å². The number of aromatic nitrogens is 3. The predicted molar refractivity (Wildman–Crippen MR) is 101 cm³/mol. The third kappa shape index (κ3) is 3.90. The maximum Gasteiger partial charge on any atom is 0.223 e. The molecule has 1 aromatic carbocycles. The molecule has 0 spiro atoms. The summed E-state index contributed by atoms with van der Waals surface area (Å²) in [4.78, 5) is 18.5. The molecule has 0 unspecified atom stereocenters. The van der Waals surface area contributed by atoms with Crippen LogP contribution in [-0.4, -0.2) is 37.2 Å². The lowest BCUT2D eigenvalue weighted by Crippen LogP contribution is -2.38. The molecule has 0 saturated carbocycles. The summed E-state index contributed by atoms with van der Waals surface area (Å²) in [5, 5.41) is 15.1. The normalized spacial score (nSPS) is 14.6. The van der Waals surface area contributed by atoms with Gasteiger partial charge in [-0.15, -0.1) is 0 Å². The molecule has 2 aromatic heterocycles. The fraction of sp³-hybridized carbons (Fsp3) is 0.286. The van der Waals surface area contributed by atoms with E-state index in [4.69, 9.17) is 0 Å². The molecule has 6 heteroatoms. The van der Waals surface area contributed by atoms with Crippen molar-refractivity contribution in [3.63, 3.8) is 0 Å². The molecule has 1 N–H and O–H groups in total. The Morgan fingerprint density at radius 3 is 2.78 bits per heavy atom. The number of nitrogens with zero attached hydrogens (tertiary/aromatic N) is 4. The molecule has 27 heavy (non-hydrogen) atoms. The van der Waals surface area contributed by atoms with Crippen molar-refractivity contribution < 1.29 is 9.90 Å². The second-order valence-electron chi connectivity index (χ2n) is 6.77. The van der Waals surface area contributed by atoms with Gasteiger partial charge in [0.15, 0.2) is 0 Å². The van der Waals surface area contributed by atoms with Gasteiger partial charge in [-0.25, -0.2) is 0 Å². The van der Waals surface area contributed by atoms with Crippen molar-refractivity contribution in [2.75, 3.05) is 6.54 Å². The van der Waals surface area contributed by atoms with E-state index < -0.39 is 6.10 Å². The first-order valence-corrected chi connectivity index (χ1v) is 9.17. The van der Waals surface area contributed by atoms with Gasteiger partial charge in [0.05, 0.1) is 24.5 Å². The highest BCUT2D eigenvalue weighted by atomic mass is 16.3. The molecular formula is C21H22N4O2. The fourth-order valence-electron chi connectivity index (χ4n) is 3.40. The summed E-state index contributed by atoms with van der Waals surface area (Å²) in [5.41, 5.74) is 3.47. The van der Waals surface area contributed by atoms with E-state index in [2.05, 4.69) is 10.1 Å². The summed E-state index contributed by atoms with van der Waals surface area (Å²) in [7, 11) is 0. The second-order valence-corrected chi connectivity index (χ2v) is 6.77. The lowest BCUT2D eigenvalue weighted by atomic mass is 10.1. The summed E-state index contributed by atoms with van der Waals surface area (Å²) in [6.45, 7) is 1.82. The highest BCUT2D eigenvalue weighted by molar-refractivity contribution is 5.76. The Hall–Kier alpha value is -2.99.